The molecular formula is C100H100N8O21S7. The lowest BCUT2D eigenvalue weighted by molar-refractivity contribution is 0.379. The largest absolute Gasteiger partial charge is 0.377 e. The van der Waals surface area contributed by atoms with E-state index in [0.717, 1.165) is 89.5 Å². The predicted octanol–water partition coefficient (Wildman–Crippen LogP) is 17.5. The van der Waals surface area contributed by atoms with Gasteiger partial charge >= 0.3 is 0 Å². The van der Waals surface area contributed by atoms with Gasteiger partial charge in [0.25, 0.3) is 70.8 Å². The first kappa shape index (κ1) is 96.7. The number of H-pyrrole nitrogens is 5. The monoisotopic (exact) mass is 1970 g/mol. The number of aryl methyl sites for hydroxylation is 1. The smallest absolute Gasteiger partial charge is 0.294 e. The Hall–Kier alpha value is -12.4. The molecule has 708 valence electrons. The first-order valence-electron chi connectivity index (χ1n) is 43.7. The Morgan fingerprint density at radius 2 is 0.551 bits per heavy atom. The summed E-state index contributed by atoms with van der Waals surface area (Å²) in [6.07, 6.45) is 9.58. The van der Waals surface area contributed by atoms with E-state index >= 15 is 0 Å². The van der Waals surface area contributed by atoms with Gasteiger partial charge in [-0.1, -0.05) is 135 Å². The second kappa shape index (κ2) is 39.0. The van der Waals surface area contributed by atoms with Gasteiger partial charge in [0.1, 0.15) is 0 Å². The maximum Gasteiger partial charge on any atom is 0.294 e. The summed E-state index contributed by atoms with van der Waals surface area (Å²) in [5.74, 6) is -4.80. The van der Waals surface area contributed by atoms with Gasteiger partial charge in [-0.2, -0.15) is 58.9 Å². The molecule has 2 aliphatic rings. The van der Waals surface area contributed by atoms with Crippen molar-refractivity contribution in [3.63, 3.8) is 0 Å². The Kier molecular flexibility index (Phi) is 27.8. The van der Waals surface area contributed by atoms with E-state index in [0.29, 0.717) is 38.9 Å². The van der Waals surface area contributed by atoms with Crippen LogP contribution in [0.1, 0.15) is 181 Å². The Bertz CT molecular complexity index is 7960. The average molecular weight is 1970 g/mol. The maximum absolute atomic E-state index is 13.1. The Labute approximate surface area is 788 Å². The van der Waals surface area contributed by atoms with Crippen molar-refractivity contribution in [2.75, 3.05) is 0 Å². The minimum Gasteiger partial charge on any atom is -0.377 e. The van der Waals surface area contributed by atoms with Gasteiger partial charge in [0.2, 0.25) is 0 Å². The molecule has 2 aliphatic heterocycles. The molecule has 0 radical (unpaired) electrons. The molecule has 0 bridgehead atoms. The van der Waals surface area contributed by atoms with Crippen LogP contribution < -0.4 is 21.3 Å². The molecule has 29 nitrogen and oxygen atoms in total. The van der Waals surface area contributed by atoms with Crippen molar-refractivity contribution < 1.29 is 90.8 Å². The van der Waals surface area contributed by atoms with Crippen LogP contribution in [0.5, 0.6) is 0 Å². The highest BCUT2D eigenvalue weighted by atomic mass is 32.2. The highest BCUT2D eigenvalue weighted by Crippen LogP contribution is 2.49. The second-order valence-corrected chi connectivity index (χ2v) is 45.2. The summed E-state index contributed by atoms with van der Waals surface area (Å²) < 4.78 is 253. The zero-order chi connectivity index (χ0) is 96.7. The summed E-state index contributed by atoms with van der Waals surface area (Å²) in [4.78, 5) is 15.0. The van der Waals surface area contributed by atoms with Gasteiger partial charge in [-0.3, -0.25) is 31.9 Å². The Balaban J connectivity index is 0.847. The fourth-order valence-corrected chi connectivity index (χ4v) is 22.2. The van der Waals surface area contributed by atoms with Crippen LogP contribution >= 0.6 is 0 Å². The quantitative estimate of drug-likeness (QED) is 0.0164. The fourth-order valence-electron chi connectivity index (χ4n) is 18.8. The zero-order valence-corrected chi connectivity index (χ0v) is 79.5. The van der Waals surface area contributed by atoms with Crippen molar-refractivity contribution in [1.82, 2.24) is 40.1 Å². The van der Waals surface area contributed by atoms with Crippen LogP contribution in [-0.2, 0) is 77.4 Å². The van der Waals surface area contributed by atoms with Crippen LogP contribution in [0.2, 0.25) is 0 Å². The molecule has 8 heterocycles. The highest BCUT2D eigenvalue weighted by molar-refractivity contribution is 7.87. The molecule has 0 aliphatic carbocycles. The molecule has 136 heavy (non-hydrogen) atoms. The summed E-state index contributed by atoms with van der Waals surface area (Å²) >= 11 is 0. The molecule has 36 heteroatoms. The van der Waals surface area contributed by atoms with Gasteiger partial charge in [0, 0.05) is 24.0 Å². The number of aromatic amines is 5. The van der Waals surface area contributed by atoms with E-state index in [1.54, 1.807) is 84.9 Å². The Morgan fingerprint density at radius 3 is 0.860 bits per heavy atom. The fraction of sp³-hybridized carbons (Fsp3) is 0.220. The van der Waals surface area contributed by atoms with Gasteiger partial charge in [-0.05, 0) is 326 Å². The number of nitrogens with one attached hydrogen (secondary N) is 7. The van der Waals surface area contributed by atoms with E-state index in [-0.39, 0.29) is 73.4 Å². The van der Waals surface area contributed by atoms with Crippen LogP contribution in [0.15, 0.2) is 325 Å². The average Bonchev–Trinajstić information content (AvgIpc) is 1.62. The van der Waals surface area contributed by atoms with Crippen molar-refractivity contribution in [2.24, 2.45) is 0 Å². The second-order valence-electron chi connectivity index (χ2n) is 35.2. The van der Waals surface area contributed by atoms with Gasteiger partial charge in [0.15, 0.2) is 0 Å². The number of rotatable bonds is 35. The van der Waals surface area contributed by atoms with Crippen LogP contribution in [0.4, 0.5) is 0 Å². The molecule has 0 spiro atoms. The van der Waals surface area contributed by atoms with Crippen molar-refractivity contribution in [1.29, 1.82) is 0 Å². The summed E-state index contributed by atoms with van der Waals surface area (Å²) in [6.45, 7) is 8.14. The van der Waals surface area contributed by atoms with E-state index in [1.165, 1.54) is 84.9 Å². The maximum atomic E-state index is 13.1. The molecule has 0 amide bonds. The van der Waals surface area contributed by atoms with Crippen LogP contribution in [0.3, 0.4) is 0 Å². The molecule has 16 rings (SSSR count). The molecule has 14 aromatic rings. The first-order chi connectivity index (χ1) is 64.3. The molecule has 6 aromatic heterocycles. The van der Waals surface area contributed by atoms with Crippen molar-refractivity contribution in [2.45, 2.75) is 173 Å². The van der Waals surface area contributed by atoms with E-state index in [2.05, 4.69) is 83.5 Å². The molecular weight excluding hydrogens is 1870 g/mol. The molecule has 0 saturated heterocycles. The number of hydrogen-bond acceptors (Lipinski definition) is 16. The molecule has 14 N–H and O–H groups in total. The topological polar surface area (TPSA) is 489 Å². The third-order valence-corrected chi connectivity index (χ3v) is 32.1. The Morgan fingerprint density at radius 1 is 0.279 bits per heavy atom. The van der Waals surface area contributed by atoms with Gasteiger partial charge in [-0.15, -0.1) is 0 Å². The first-order valence-corrected chi connectivity index (χ1v) is 53.8. The van der Waals surface area contributed by atoms with Crippen molar-refractivity contribution in [3.05, 3.63) is 374 Å². The van der Waals surface area contributed by atoms with Gasteiger partial charge in [-0.25, -0.2) is 0 Å². The van der Waals surface area contributed by atoms with E-state index < -0.39 is 143 Å². The molecule has 10 atom stereocenters. The molecule has 8 aromatic carbocycles. The number of benzene rings is 8. The minimum atomic E-state index is -4.84. The number of hydrogen-bond donors (Lipinski definition) is 14. The van der Waals surface area contributed by atoms with Crippen LogP contribution in [-0.4, -0.2) is 126 Å². The lowest BCUT2D eigenvalue weighted by atomic mass is 9.71. The van der Waals surface area contributed by atoms with Crippen molar-refractivity contribution in [3.8, 4) is 34.2 Å². The number of nitrogens with zero attached hydrogens (tertiary/aromatic N) is 1. The summed E-state index contributed by atoms with van der Waals surface area (Å²) in [7, 11) is -33.2. The van der Waals surface area contributed by atoms with Crippen molar-refractivity contribution >= 4 is 82.2 Å². The number of aromatic nitrogens is 6. The standard InChI is InChI=1S/C100H100N8O21S7/c1-61(66-11-25-80(26-12-66)130(109,110)111)53-74(69-15-29-82(30-16-69)132(115,116)117)55-76(71-19-33-84(34-20-71)134(121,122)123)57-78(59-79(73-23-37-86(38-24-73)136(127,128)129)58-77(72-21-35-85(36-22-72)135(124,125)126)56-75(70-17-31-83(32-18-70)133(118,119)120)54-62(2)67-13-27-81(28-14-67)131(112,113)114)68-9-7-65(8-10-68)60-108-99(97-49-47-95(106-97)93-44-42-90(104-93)88-40-6-64(4)102-88)51-52-100(108)98-50-48-96(107-98)94-46-45-92(105-94)91-43-41-89(103-91)87-39-5-63(3)101-87/h5-52,61-63,74-79,98,101-107H,53-60H2,1-4H3,(H,109,110,111)(H,112,113,114)(H,115,116,117)(H,118,119,120)(H,121,122,123)(H,124,125,126)(H,127,128,129)/b89-87+,92-91+,96-94+. The lowest BCUT2D eigenvalue weighted by Crippen LogP contribution is -2.22. The van der Waals surface area contributed by atoms with Crippen LogP contribution in [0.25, 0.3) is 45.6 Å². The summed E-state index contributed by atoms with van der Waals surface area (Å²) in [6, 6.07) is 71.8. The third-order valence-electron chi connectivity index (χ3n) is 26.0. The minimum absolute atomic E-state index is 0.111. The zero-order valence-electron chi connectivity index (χ0n) is 73.8. The molecule has 0 saturated carbocycles. The van der Waals surface area contributed by atoms with Gasteiger partial charge < -0.3 is 40.1 Å². The SMILES string of the molecule is Cc1ccc(-c2ccc(-c3ccc(-c4ccc(C5C=C/C(=c6/cc/c(=c7/cc/c(=C8/C=CC(C)N8)[nH]7)[nH]6)N5)n4Cc4ccc(C(CC(CC(CC(C)c5ccc(S(=O)(=O)O)cc5)c5ccc(S(=O)(=O)O)cc5)c5ccc(S(=O)(=O)O)cc5)CC(CC(CC(CC(C)c5ccc(S(=O)(=O)O)cc5)c5ccc(S(=O)(=O)O)cc5)c5ccc(S(=O)(=O)O)cc5)c5ccc(S(=O)(=O)O)cc5)cc4)[nH]3)[nH]2)[nH]1. The van der Waals surface area contributed by atoms with E-state index in [4.69, 9.17) is 0 Å². The van der Waals surface area contributed by atoms with E-state index in [9.17, 15) is 90.8 Å². The lowest BCUT2D eigenvalue weighted by Gasteiger charge is -2.34. The highest BCUT2D eigenvalue weighted by Gasteiger charge is 2.34. The molecule has 0 fully saturated rings. The normalized spacial score (nSPS) is 17.4. The molecule has 10 unspecified atom stereocenters. The summed E-state index contributed by atoms with van der Waals surface area (Å²) in [5, 5.41) is 10.8. The van der Waals surface area contributed by atoms with Crippen LogP contribution in [0, 0.1) is 17.6 Å². The third kappa shape index (κ3) is 23.0. The van der Waals surface area contributed by atoms with E-state index in [1.807, 2.05) is 106 Å². The predicted molar refractivity (Wildman–Crippen MR) is 516 cm³/mol. The van der Waals surface area contributed by atoms with Gasteiger partial charge in [0.05, 0.1) is 107 Å². The summed E-state index contributed by atoms with van der Waals surface area (Å²) in [5.41, 5.74) is 14.5.